The van der Waals surface area contributed by atoms with Gasteiger partial charge in [0.15, 0.2) is 0 Å². The van der Waals surface area contributed by atoms with Crippen molar-refractivity contribution in [3.8, 4) is 0 Å². The Balaban J connectivity index is 1.47. The number of aryl methyl sites for hydroxylation is 1. The van der Waals surface area contributed by atoms with Crippen LogP contribution in [0.25, 0.3) is 11.0 Å². The van der Waals surface area contributed by atoms with Gasteiger partial charge in [-0.15, -0.1) is 0 Å². The first-order chi connectivity index (χ1) is 15.5. The van der Waals surface area contributed by atoms with Crippen molar-refractivity contribution >= 4 is 28.5 Å². The molecule has 1 saturated heterocycles. The molecule has 2 N–H and O–H groups in total. The van der Waals surface area contributed by atoms with Crippen molar-refractivity contribution in [1.29, 1.82) is 0 Å². The number of nitrogens with one attached hydrogen (secondary N) is 2. The van der Waals surface area contributed by atoms with Crippen molar-refractivity contribution in [2.45, 2.75) is 26.3 Å². The molecule has 0 aromatic carbocycles. The second-order valence-corrected chi connectivity index (χ2v) is 7.84. The van der Waals surface area contributed by atoms with Gasteiger partial charge in [0.05, 0.1) is 29.5 Å². The average Bonchev–Trinajstić information content (AvgIpc) is 2.98. The van der Waals surface area contributed by atoms with Crippen LogP contribution in [0.3, 0.4) is 0 Å². The van der Waals surface area contributed by atoms with E-state index in [1.54, 1.807) is 36.5 Å². The van der Waals surface area contributed by atoms with Crippen molar-refractivity contribution in [3.05, 3.63) is 63.8 Å². The smallest absolute Gasteiger partial charge is 0.269 e. The van der Waals surface area contributed by atoms with Gasteiger partial charge >= 0.3 is 0 Å². The van der Waals surface area contributed by atoms with E-state index in [4.69, 9.17) is 0 Å². The van der Waals surface area contributed by atoms with Gasteiger partial charge in [0.1, 0.15) is 5.69 Å². The Bertz CT molecular complexity index is 1200. The highest BCUT2D eigenvalue weighted by molar-refractivity contribution is 5.96. The summed E-state index contributed by atoms with van der Waals surface area (Å²) in [6.45, 7) is 4.11. The maximum absolute atomic E-state index is 12.9. The number of anilines is 1. The first-order valence-corrected chi connectivity index (χ1v) is 10.7. The Kier molecular flexibility index (Phi) is 6.27. The first-order valence-electron chi connectivity index (χ1n) is 10.7. The molecular formula is C23H26N6O3. The summed E-state index contributed by atoms with van der Waals surface area (Å²) in [5.74, 6) is -0.284. The van der Waals surface area contributed by atoms with Crippen LogP contribution in [0.4, 0.5) is 5.69 Å². The van der Waals surface area contributed by atoms with Gasteiger partial charge in [-0.2, -0.15) is 0 Å². The summed E-state index contributed by atoms with van der Waals surface area (Å²) in [6, 6.07) is 7.13. The molecule has 4 heterocycles. The molecular weight excluding hydrogens is 408 g/mol. The minimum atomic E-state index is -0.263. The number of carbonyl (C=O) groups excluding carboxylic acids is 2. The van der Waals surface area contributed by atoms with Gasteiger partial charge in [-0.1, -0.05) is 6.92 Å². The summed E-state index contributed by atoms with van der Waals surface area (Å²) in [5.41, 5.74) is 4.03. The lowest BCUT2D eigenvalue weighted by Crippen LogP contribution is -2.36. The minimum Gasteiger partial charge on any atom is -0.354 e. The highest BCUT2D eigenvalue weighted by atomic mass is 16.2. The molecule has 0 spiro atoms. The van der Waals surface area contributed by atoms with Gasteiger partial charge in [0.25, 0.3) is 11.5 Å². The van der Waals surface area contributed by atoms with E-state index in [2.05, 4.69) is 25.2 Å². The number of H-pyrrole nitrogens is 1. The topological polar surface area (TPSA) is 111 Å². The summed E-state index contributed by atoms with van der Waals surface area (Å²) in [5, 5.41) is 2.53. The molecule has 0 unspecified atom stereocenters. The number of nitrogens with zero attached hydrogens (tertiary/aromatic N) is 4. The van der Waals surface area contributed by atoms with Crippen LogP contribution >= 0.6 is 0 Å². The largest absolute Gasteiger partial charge is 0.354 e. The molecule has 9 nitrogen and oxygen atoms in total. The average molecular weight is 435 g/mol. The molecule has 1 aliphatic heterocycles. The van der Waals surface area contributed by atoms with E-state index in [1.165, 1.54) is 0 Å². The van der Waals surface area contributed by atoms with Crippen molar-refractivity contribution in [1.82, 2.24) is 25.2 Å². The lowest BCUT2D eigenvalue weighted by Gasteiger charge is -2.21. The lowest BCUT2D eigenvalue weighted by molar-refractivity contribution is -0.119. The number of amides is 2. The fourth-order valence-electron chi connectivity index (χ4n) is 3.92. The molecule has 1 aliphatic rings. The Hall–Kier alpha value is -3.59. The fourth-order valence-corrected chi connectivity index (χ4v) is 3.92. The highest BCUT2D eigenvalue weighted by Gasteiger charge is 2.23. The number of pyridine rings is 3. The van der Waals surface area contributed by atoms with Gasteiger partial charge in [0.2, 0.25) is 5.91 Å². The number of fused-ring (bicyclic) bond motifs is 1. The third kappa shape index (κ3) is 4.52. The number of aromatic nitrogens is 3. The summed E-state index contributed by atoms with van der Waals surface area (Å²) in [7, 11) is 1.55. The quantitative estimate of drug-likeness (QED) is 0.629. The lowest BCUT2D eigenvalue weighted by atomic mass is 10.1. The van der Waals surface area contributed by atoms with Crippen LogP contribution in [0.1, 0.15) is 35.0 Å². The van der Waals surface area contributed by atoms with Gasteiger partial charge < -0.3 is 15.2 Å². The number of aromatic amines is 1. The summed E-state index contributed by atoms with van der Waals surface area (Å²) < 4.78 is 0. The maximum atomic E-state index is 12.9. The van der Waals surface area contributed by atoms with Crippen molar-refractivity contribution in [2.24, 2.45) is 0 Å². The van der Waals surface area contributed by atoms with E-state index in [0.29, 0.717) is 42.0 Å². The number of hydrogen-bond acceptors (Lipinski definition) is 6. The normalized spacial score (nSPS) is 15.1. The minimum absolute atomic E-state index is 0.0215. The molecule has 0 bridgehead atoms. The van der Waals surface area contributed by atoms with E-state index in [1.807, 2.05) is 19.1 Å². The summed E-state index contributed by atoms with van der Waals surface area (Å²) in [6.07, 6.45) is 4.83. The van der Waals surface area contributed by atoms with Gasteiger partial charge in [-0.25, -0.2) is 4.98 Å². The molecule has 1 fully saturated rings. The second-order valence-electron chi connectivity index (χ2n) is 7.84. The van der Waals surface area contributed by atoms with Gasteiger partial charge in [-0.05, 0) is 42.7 Å². The number of rotatable bonds is 5. The van der Waals surface area contributed by atoms with E-state index < -0.39 is 0 Å². The predicted molar refractivity (Wildman–Crippen MR) is 122 cm³/mol. The van der Waals surface area contributed by atoms with Crippen molar-refractivity contribution in [2.75, 3.05) is 31.6 Å². The van der Waals surface area contributed by atoms with Gasteiger partial charge in [-0.3, -0.25) is 24.3 Å². The third-order valence-electron chi connectivity index (χ3n) is 5.65. The van der Waals surface area contributed by atoms with Crippen LogP contribution < -0.4 is 15.8 Å². The second kappa shape index (κ2) is 9.27. The third-order valence-corrected chi connectivity index (χ3v) is 5.65. The standard InChI is InChI=1S/C23H26N6O3/c1-3-16-10-19-20(27-22(16)31)9-15(11-25-19)13-28-7-4-8-29(21(30)14-28)17-5-6-18(26-12-17)23(32)24-2/h5-6,9-12H,3-4,7-8,13-14H2,1-2H3,(H,24,32)(H,27,31). The van der Waals surface area contributed by atoms with E-state index in [-0.39, 0.29) is 23.9 Å². The van der Waals surface area contributed by atoms with E-state index in [9.17, 15) is 14.4 Å². The zero-order valence-electron chi connectivity index (χ0n) is 18.2. The molecule has 2 amide bonds. The summed E-state index contributed by atoms with van der Waals surface area (Å²) in [4.78, 5) is 52.1. The molecule has 166 valence electrons. The van der Waals surface area contributed by atoms with Crippen molar-refractivity contribution in [3.63, 3.8) is 0 Å². The Labute approximate surface area is 185 Å². The van der Waals surface area contributed by atoms with Crippen LogP contribution in [0.5, 0.6) is 0 Å². The predicted octanol–water partition coefficient (Wildman–Crippen LogP) is 1.48. The Morgan fingerprint density at radius 2 is 2.00 bits per heavy atom. The molecule has 3 aromatic rings. The van der Waals surface area contributed by atoms with Crippen LogP contribution in [0, 0.1) is 0 Å². The monoisotopic (exact) mass is 434 g/mol. The van der Waals surface area contributed by atoms with Crippen LogP contribution in [0.2, 0.25) is 0 Å². The Morgan fingerprint density at radius 3 is 2.72 bits per heavy atom. The molecule has 4 rings (SSSR count). The van der Waals surface area contributed by atoms with Crippen molar-refractivity contribution < 1.29 is 9.59 Å². The highest BCUT2D eigenvalue weighted by Crippen LogP contribution is 2.19. The SMILES string of the molecule is CCc1cc2ncc(CN3CCCN(c4ccc(C(=O)NC)nc4)C(=O)C3)cc2[nH]c1=O. The maximum Gasteiger partial charge on any atom is 0.269 e. The molecule has 9 heteroatoms. The van der Waals surface area contributed by atoms with Crippen LogP contribution in [-0.2, 0) is 17.8 Å². The van der Waals surface area contributed by atoms with E-state index in [0.717, 1.165) is 24.0 Å². The molecule has 0 saturated carbocycles. The fraction of sp³-hybridized carbons (Fsp3) is 0.348. The Morgan fingerprint density at radius 1 is 1.16 bits per heavy atom. The molecule has 0 aliphatic carbocycles. The molecule has 0 atom stereocenters. The van der Waals surface area contributed by atoms with E-state index >= 15 is 0 Å². The van der Waals surface area contributed by atoms with Crippen LogP contribution in [0.15, 0.2) is 41.5 Å². The zero-order valence-corrected chi connectivity index (χ0v) is 18.2. The molecule has 3 aromatic heterocycles. The molecule has 0 radical (unpaired) electrons. The van der Waals surface area contributed by atoms with Gasteiger partial charge in [0, 0.05) is 38.4 Å². The molecule has 32 heavy (non-hydrogen) atoms. The number of carbonyl (C=O) groups is 2. The van der Waals surface area contributed by atoms with Crippen LogP contribution in [-0.4, -0.2) is 58.3 Å². The zero-order chi connectivity index (χ0) is 22.7. The summed E-state index contributed by atoms with van der Waals surface area (Å²) >= 11 is 0. The number of hydrogen-bond donors (Lipinski definition) is 2. The first kappa shape index (κ1) is 21.6.